The summed E-state index contributed by atoms with van der Waals surface area (Å²) in [6, 6.07) is 1.83. The molecule has 0 aliphatic carbocycles. The summed E-state index contributed by atoms with van der Waals surface area (Å²) in [6.45, 7) is 1.56. The van der Waals surface area contributed by atoms with Crippen LogP contribution in [0.5, 0.6) is 0 Å². The summed E-state index contributed by atoms with van der Waals surface area (Å²) in [4.78, 5) is 7.42. The van der Waals surface area contributed by atoms with E-state index in [0.29, 0.717) is 9.79 Å². The number of hydrogen-bond acceptors (Lipinski definition) is 4. The molecular formula is C11H11ClN6S. The molecule has 0 fully saturated rings. The van der Waals surface area contributed by atoms with Crippen molar-refractivity contribution >= 4 is 35.0 Å². The summed E-state index contributed by atoms with van der Waals surface area (Å²) in [7, 11) is 0. The number of pyridine rings is 1. The standard InChI is InChI=1S/C11H11ClN6S/c12-8-6-9-10(13-7-8)18(11(19)15-9)4-1-3-17-5-2-14-16-17/h2,5-7H,1,3-4H2,(H,15,19). The number of aromatic nitrogens is 6. The van der Waals surface area contributed by atoms with Crippen LogP contribution in [0.25, 0.3) is 11.2 Å². The molecule has 0 aliphatic rings. The van der Waals surface area contributed by atoms with Crippen molar-refractivity contribution in [1.29, 1.82) is 0 Å². The van der Waals surface area contributed by atoms with Crippen LogP contribution in [0.4, 0.5) is 0 Å². The zero-order valence-electron chi connectivity index (χ0n) is 9.95. The van der Waals surface area contributed by atoms with Crippen LogP contribution in [0.1, 0.15) is 6.42 Å². The molecule has 0 unspecified atom stereocenters. The van der Waals surface area contributed by atoms with Crippen LogP contribution < -0.4 is 0 Å². The second kappa shape index (κ2) is 5.10. The van der Waals surface area contributed by atoms with Gasteiger partial charge >= 0.3 is 0 Å². The Bertz CT molecular complexity index is 744. The summed E-state index contributed by atoms with van der Waals surface area (Å²) in [5.74, 6) is 0. The van der Waals surface area contributed by atoms with Gasteiger partial charge in [0.15, 0.2) is 10.4 Å². The first-order valence-electron chi connectivity index (χ1n) is 5.82. The molecule has 0 saturated heterocycles. The van der Waals surface area contributed by atoms with E-state index >= 15 is 0 Å². The molecule has 3 aromatic heterocycles. The molecule has 0 atom stereocenters. The molecule has 98 valence electrons. The number of imidazole rings is 1. The van der Waals surface area contributed by atoms with Crippen LogP contribution >= 0.6 is 23.8 Å². The number of hydrogen-bond donors (Lipinski definition) is 1. The number of aromatic amines is 1. The normalized spacial score (nSPS) is 11.2. The Hall–Kier alpha value is -1.73. The van der Waals surface area contributed by atoms with E-state index in [1.54, 1.807) is 17.1 Å². The lowest BCUT2D eigenvalue weighted by Gasteiger charge is -2.03. The van der Waals surface area contributed by atoms with E-state index in [0.717, 1.165) is 30.7 Å². The zero-order chi connectivity index (χ0) is 13.2. The summed E-state index contributed by atoms with van der Waals surface area (Å²) in [5.41, 5.74) is 1.69. The first-order chi connectivity index (χ1) is 9.24. The van der Waals surface area contributed by atoms with E-state index in [2.05, 4.69) is 20.3 Å². The molecule has 3 heterocycles. The van der Waals surface area contributed by atoms with Gasteiger partial charge in [-0.2, -0.15) is 0 Å². The minimum atomic E-state index is 0.596. The fourth-order valence-electron chi connectivity index (χ4n) is 1.97. The van der Waals surface area contributed by atoms with Crippen molar-refractivity contribution in [3.63, 3.8) is 0 Å². The fraction of sp³-hybridized carbons (Fsp3) is 0.273. The van der Waals surface area contributed by atoms with Gasteiger partial charge in [0.25, 0.3) is 0 Å². The molecule has 1 N–H and O–H groups in total. The maximum atomic E-state index is 5.91. The van der Waals surface area contributed by atoms with E-state index in [-0.39, 0.29) is 0 Å². The third-order valence-electron chi connectivity index (χ3n) is 2.82. The second-order valence-electron chi connectivity index (χ2n) is 4.13. The molecule has 0 aromatic carbocycles. The zero-order valence-corrected chi connectivity index (χ0v) is 11.5. The summed E-state index contributed by atoms with van der Waals surface area (Å²) >= 11 is 11.2. The molecule has 19 heavy (non-hydrogen) atoms. The van der Waals surface area contributed by atoms with E-state index in [1.165, 1.54) is 0 Å². The monoisotopic (exact) mass is 294 g/mol. The highest BCUT2D eigenvalue weighted by Crippen LogP contribution is 2.16. The van der Waals surface area contributed by atoms with Crippen molar-refractivity contribution in [3.8, 4) is 0 Å². The highest BCUT2D eigenvalue weighted by atomic mass is 35.5. The van der Waals surface area contributed by atoms with Gasteiger partial charge in [0.05, 0.1) is 16.7 Å². The van der Waals surface area contributed by atoms with Gasteiger partial charge in [-0.05, 0) is 24.7 Å². The van der Waals surface area contributed by atoms with Gasteiger partial charge in [0, 0.05) is 25.5 Å². The van der Waals surface area contributed by atoms with Gasteiger partial charge in [-0.25, -0.2) is 4.98 Å². The molecule has 3 rings (SSSR count). The molecule has 8 heteroatoms. The lowest BCUT2D eigenvalue weighted by molar-refractivity contribution is 0.516. The third-order valence-corrected chi connectivity index (χ3v) is 3.35. The van der Waals surface area contributed by atoms with Gasteiger partial charge in [0.2, 0.25) is 0 Å². The number of nitrogens with one attached hydrogen (secondary N) is 1. The molecule has 0 bridgehead atoms. The van der Waals surface area contributed by atoms with E-state index < -0.39 is 0 Å². The third kappa shape index (κ3) is 2.52. The molecule has 0 saturated carbocycles. The Kier molecular flexibility index (Phi) is 3.31. The van der Waals surface area contributed by atoms with Crippen molar-refractivity contribution in [2.24, 2.45) is 0 Å². The van der Waals surface area contributed by atoms with Gasteiger partial charge in [-0.1, -0.05) is 16.8 Å². The largest absolute Gasteiger partial charge is 0.329 e. The molecular weight excluding hydrogens is 284 g/mol. The van der Waals surface area contributed by atoms with Gasteiger partial charge in [0.1, 0.15) is 0 Å². The Labute approximate surface area is 119 Å². The molecule has 0 amide bonds. The van der Waals surface area contributed by atoms with Crippen LogP contribution in [0.3, 0.4) is 0 Å². The van der Waals surface area contributed by atoms with Gasteiger partial charge in [-0.3, -0.25) is 4.68 Å². The SMILES string of the molecule is S=c1[nH]c2cc(Cl)cnc2n1CCCn1ccnn1. The number of aryl methyl sites for hydroxylation is 2. The van der Waals surface area contributed by atoms with Crippen molar-refractivity contribution < 1.29 is 0 Å². The quantitative estimate of drug-likeness (QED) is 0.751. The topological polar surface area (TPSA) is 64.3 Å². The minimum Gasteiger partial charge on any atom is -0.329 e. The maximum absolute atomic E-state index is 5.91. The van der Waals surface area contributed by atoms with E-state index in [9.17, 15) is 0 Å². The van der Waals surface area contributed by atoms with Crippen LogP contribution in [0, 0.1) is 4.77 Å². The predicted octanol–water partition coefficient (Wildman–Crippen LogP) is 2.43. The number of H-pyrrole nitrogens is 1. The lowest BCUT2D eigenvalue weighted by Crippen LogP contribution is -2.05. The molecule has 3 aromatic rings. The van der Waals surface area contributed by atoms with Gasteiger partial charge in [-0.15, -0.1) is 5.10 Å². The number of rotatable bonds is 4. The minimum absolute atomic E-state index is 0.596. The second-order valence-corrected chi connectivity index (χ2v) is 4.95. The summed E-state index contributed by atoms with van der Waals surface area (Å²) < 4.78 is 4.42. The van der Waals surface area contributed by atoms with Crippen LogP contribution in [-0.4, -0.2) is 29.5 Å². The number of fused-ring (bicyclic) bond motifs is 1. The van der Waals surface area contributed by atoms with Crippen molar-refractivity contribution in [3.05, 3.63) is 34.5 Å². The Morgan fingerprint density at radius 1 is 1.37 bits per heavy atom. The van der Waals surface area contributed by atoms with Crippen LogP contribution in [0.2, 0.25) is 5.02 Å². The first kappa shape index (κ1) is 12.3. The Balaban J connectivity index is 1.80. The molecule has 6 nitrogen and oxygen atoms in total. The smallest absolute Gasteiger partial charge is 0.179 e. The van der Waals surface area contributed by atoms with Gasteiger partial charge < -0.3 is 9.55 Å². The van der Waals surface area contributed by atoms with Crippen LogP contribution in [0.15, 0.2) is 24.7 Å². The number of halogens is 1. The van der Waals surface area contributed by atoms with Crippen molar-refractivity contribution in [2.75, 3.05) is 0 Å². The van der Waals surface area contributed by atoms with E-state index in [4.69, 9.17) is 23.8 Å². The molecule has 0 spiro atoms. The Morgan fingerprint density at radius 2 is 2.26 bits per heavy atom. The van der Waals surface area contributed by atoms with Crippen molar-refractivity contribution in [2.45, 2.75) is 19.5 Å². The van der Waals surface area contributed by atoms with Crippen LogP contribution in [-0.2, 0) is 13.1 Å². The highest BCUT2D eigenvalue weighted by molar-refractivity contribution is 7.71. The molecule has 0 radical (unpaired) electrons. The highest BCUT2D eigenvalue weighted by Gasteiger charge is 2.06. The average Bonchev–Trinajstić information content (AvgIpc) is 2.98. The predicted molar refractivity (Wildman–Crippen MR) is 74.6 cm³/mol. The number of nitrogens with zero attached hydrogens (tertiary/aromatic N) is 5. The van der Waals surface area contributed by atoms with E-state index in [1.807, 2.05) is 16.8 Å². The maximum Gasteiger partial charge on any atom is 0.179 e. The summed E-state index contributed by atoms with van der Waals surface area (Å²) in [6.07, 6.45) is 6.03. The summed E-state index contributed by atoms with van der Waals surface area (Å²) in [5, 5.41) is 8.29. The lowest BCUT2D eigenvalue weighted by atomic mass is 10.4. The average molecular weight is 295 g/mol. The van der Waals surface area contributed by atoms with Crippen molar-refractivity contribution in [1.82, 2.24) is 29.5 Å². The Morgan fingerprint density at radius 3 is 3.05 bits per heavy atom. The molecule has 0 aliphatic heterocycles. The first-order valence-corrected chi connectivity index (χ1v) is 6.61. The fourth-order valence-corrected chi connectivity index (χ4v) is 2.41.